The molecule has 1 rings (SSSR count). The molecule has 0 heterocycles. The molecule has 0 spiro atoms. The van der Waals surface area contributed by atoms with Crippen molar-refractivity contribution in [1.82, 2.24) is 0 Å². The number of hydrogen-bond donors (Lipinski definition) is 4. The number of phenolic OH excluding ortho intramolecular Hbond substituents is 3. The topological polar surface area (TPSA) is 107 Å². The number of phenols is 3. The van der Waals surface area contributed by atoms with Gasteiger partial charge in [0, 0.05) is 0 Å². The summed E-state index contributed by atoms with van der Waals surface area (Å²) in [4.78, 5) is 10.0. The van der Waals surface area contributed by atoms with Gasteiger partial charge in [0.1, 0.15) is 0 Å². The van der Waals surface area contributed by atoms with Crippen LogP contribution in [0.3, 0.4) is 0 Å². The Morgan fingerprint density at radius 2 is 1.77 bits per heavy atom. The van der Waals surface area contributed by atoms with Crippen LogP contribution in [-0.4, -0.2) is 26.6 Å². The summed E-state index contributed by atoms with van der Waals surface area (Å²) in [5.41, 5.74) is 0. The summed E-state index contributed by atoms with van der Waals surface area (Å²) in [6.45, 7) is 0. The molecule has 0 fully saturated rings. The molecule has 1 aromatic rings. The predicted octanol–water partition coefficient (Wildman–Crippen LogP) is 0.860. The van der Waals surface area contributed by atoms with E-state index in [0.717, 1.165) is 12.1 Å². The lowest BCUT2D eigenvalue weighted by atomic mass is 10.3. The third-order valence-corrected chi connectivity index (χ3v) is 1.29. The van der Waals surface area contributed by atoms with Gasteiger partial charge in [-0.05, 0) is 12.1 Å². The van der Waals surface area contributed by atoms with E-state index in [1.54, 1.807) is 0 Å². The maximum atomic E-state index is 10.0. The molecule has 0 aliphatic rings. The highest BCUT2D eigenvalue weighted by Gasteiger charge is 2.14. The van der Waals surface area contributed by atoms with Crippen molar-refractivity contribution in [3.05, 3.63) is 12.1 Å². The standard InChI is InChI=1S/C7H6O6/c8-3-1-2-4(13-7(11)12)6(10)5(3)9/h1-2,8-10H,(H,11,12). The van der Waals surface area contributed by atoms with Gasteiger partial charge < -0.3 is 25.2 Å². The van der Waals surface area contributed by atoms with Crippen molar-refractivity contribution in [2.75, 3.05) is 0 Å². The molecule has 0 atom stereocenters. The van der Waals surface area contributed by atoms with Crippen molar-refractivity contribution in [2.24, 2.45) is 0 Å². The molecule has 0 aromatic heterocycles. The highest BCUT2D eigenvalue weighted by molar-refractivity contribution is 5.66. The van der Waals surface area contributed by atoms with E-state index in [4.69, 9.17) is 20.4 Å². The minimum absolute atomic E-state index is 0.442. The van der Waals surface area contributed by atoms with Crippen molar-refractivity contribution in [1.29, 1.82) is 0 Å². The second-order valence-electron chi connectivity index (χ2n) is 2.15. The van der Waals surface area contributed by atoms with Gasteiger partial charge in [-0.1, -0.05) is 0 Å². The zero-order valence-corrected chi connectivity index (χ0v) is 6.26. The first-order valence-electron chi connectivity index (χ1n) is 3.17. The average Bonchev–Trinajstić information content (AvgIpc) is 2.06. The lowest BCUT2D eigenvalue weighted by Gasteiger charge is -2.04. The Balaban J connectivity index is 3.10. The Bertz CT molecular complexity index is 345. The van der Waals surface area contributed by atoms with Crippen molar-refractivity contribution in [3.8, 4) is 23.0 Å². The Labute approximate surface area is 72.2 Å². The van der Waals surface area contributed by atoms with Crippen molar-refractivity contribution < 1.29 is 30.0 Å². The quantitative estimate of drug-likeness (QED) is 0.294. The molecule has 0 saturated heterocycles. The Hall–Kier alpha value is -2.11. The molecule has 0 unspecified atom stereocenters. The summed E-state index contributed by atoms with van der Waals surface area (Å²) < 4.78 is 4.08. The minimum Gasteiger partial charge on any atom is -0.504 e. The summed E-state index contributed by atoms with van der Waals surface area (Å²) in [6, 6.07) is 2.01. The van der Waals surface area contributed by atoms with Crippen LogP contribution >= 0.6 is 0 Å². The Morgan fingerprint density at radius 1 is 1.15 bits per heavy atom. The third kappa shape index (κ3) is 1.73. The molecule has 70 valence electrons. The first-order valence-corrected chi connectivity index (χ1v) is 3.17. The Kier molecular flexibility index (Phi) is 2.14. The molecule has 6 heteroatoms. The summed E-state index contributed by atoms with van der Waals surface area (Å²) >= 11 is 0. The maximum Gasteiger partial charge on any atom is 0.511 e. The van der Waals surface area contributed by atoms with E-state index < -0.39 is 29.2 Å². The summed E-state index contributed by atoms with van der Waals surface area (Å²) in [6.07, 6.45) is -1.62. The maximum absolute atomic E-state index is 10.0. The van der Waals surface area contributed by atoms with Gasteiger partial charge in [-0.2, -0.15) is 0 Å². The van der Waals surface area contributed by atoms with Crippen LogP contribution in [0.5, 0.6) is 23.0 Å². The second-order valence-corrected chi connectivity index (χ2v) is 2.15. The molecule has 13 heavy (non-hydrogen) atoms. The van der Waals surface area contributed by atoms with Crippen LogP contribution in [0.4, 0.5) is 4.79 Å². The van der Waals surface area contributed by atoms with Gasteiger partial charge in [-0.25, -0.2) is 4.79 Å². The van der Waals surface area contributed by atoms with Crippen LogP contribution in [0.1, 0.15) is 0 Å². The molecular weight excluding hydrogens is 180 g/mol. The van der Waals surface area contributed by atoms with Crippen LogP contribution in [0.2, 0.25) is 0 Å². The van der Waals surface area contributed by atoms with Gasteiger partial charge in [0.05, 0.1) is 0 Å². The highest BCUT2D eigenvalue weighted by Crippen LogP contribution is 2.41. The van der Waals surface area contributed by atoms with E-state index in [2.05, 4.69) is 4.74 Å². The number of benzene rings is 1. The van der Waals surface area contributed by atoms with E-state index in [9.17, 15) is 4.79 Å². The van der Waals surface area contributed by atoms with Gasteiger partial charge in [-0.3, -0.25) is 0 Å². The molecule has 0 aliphatic carbocycles. The van der Waals surface area contributed by atoms with Crippen LogP contribution < -0.4 is 4.74 Å². The number of ether oxygens (including phenoxy) is 1. The first kappa shape index (κ1) is 8.98. The smallest absolute Gasteiger partial charge is 0.504 e. The zero-order valence-electron chi connectivity index (χ0n) is 6.26. The minimum atomic E-state index is -1.62. The monoisotopic (exact) mass is 186 g/mol. The molecule has 4 N–H and O–H groups in total. The van der Waals surface area contributed by atoms with E-state index >= 15 is 0 Å². The first-order chi connectivity index (χ1) is 6.02. The van der Waals surface area contributed by atoms with E-state index in [-0.39, 0.29) is 0 Å². The predicted molar refractivity (Wildman–Crippen MR) is 40.1 cm³/mol. The molecule has 1 aromatic carbocycles. The molecule has 0 amide bonds. The van der Waals surface area contributed by atoms with Crippen LogP contribution in [0, 0.1) is 0 Å². The van der Waals surface area contributed by atoms with Gasteiger partial charge in [-0.15, -0.1) is 0 Å². The van der Waals surface area contributed by atoms with Crippen molar-refractivity contribution in [2.45, 2.75) is 0 Å². The number of aromatic hydroxyl groups is 3. The number of hydrogen-bond acceptors (Lipinski definition) is 5. The fraction of sp³-hybridized carbons (Fsp3) is 0. The normalized spacial score (nSPS) is 9.54. The molecule has 0 saturated carbocycles. The molecule has 0 aliphatic heterocycles. The largest absolute Gasteiger partial charge is 0.511 e. The number of carbonyl (C=O) groups is 1. The molecule has 0 radical (unpaired) electrons. The number of rotatable bonds is 1. The fourth-order valence-corrected chi connectivity index (χ4v) is 0.727. The fourth-order valence-electron chi connectivity index (χ4n) is 0.727. The lowest BCUT2D eigenvalue weighted by Crippen LogP contribution is -2.02. The lowest BCUT2D eigenvalue weighted by molar-refractivity contribution is 0.142. The summed E-state index contributed by atoms with van der Waals surface area (Å²) in [7, 11) is 0. The summed E-state index contributed by atoms with van der Waals surface area (Å²) in [5, 5.41) is 35.0. The highest BCUT2D eigenvalue weighted by atomic mass is 16.7. The van der Waals surface area contributed by atoms with E-state index in [1.807, 2.05) is 0 Å². The molecular formula is C7H6O6. The average molecular weight is 186 g/mol. The van der Waals surface area contributed by atoms with E-state index in [1.165, 1.54) is 0 Å². The molecule has 6 nitrogen and oxygen atoms in total. The van der Waals surface area contributed by atoms with Crippen molar-refractivity contribution >= 4 is 6.16 Å². The second kappa shape index (κ2) is 3.10. The van der Waals surface area contributed by atoms with Crippen molar-refractivity contribution in [3.63, 3.8) is 0 Å². The number of carboxylic acid groups (broad SMARTS) is 1. The van der Waals surface area contributed by atoms with Gasteiger partial charge in [0.2, 0.25) is 11.5 Å². The van der Waals surface area contributed by atoms with Gasteiger partial charge >= 0.3 is 6.16 Å². The molecule has 0 bridgehead atoms. The van der Waals surface area contributed by atoms with Gasteiger partial charge in [0.25, 0.3) is 0 Å². The third-order valence-electron chi connectivity index (χ3n) is 1.29. The van der Waals surface area contributed by atoms with Crippen LogP contribution in [0.25, 0.3) is 0 Å². The zero-order chi connectivity index (χ0) is 10.0. The Morgan fingerprint density at radius 3 is 2.31 bits per heavy atom. The summed E-state index contributed by atoms with van der Waals surface area (Å²) in [5.74, 6) is -2.64. The van der Waals surface area contributed by atoms with Gasteiger partial charge in [0.15, 0.2) is 11.5 Å². The SMILES string of the molecule is O=C(O)Oc1ccc(O)c(O)c1O. The van der Waals surface area contributed by atoms with Crippen LogP contribution in [0.15, 0.2) is 12.1 Å². The van der Waals surface area contributed by atoms with E-state index in [0.29, 0.717) is 0 Å². The van der Waals surface area contributed by atoms with Crippen LogP contribution in [-0.2, 0) is 0 Å².